The third kappa shape index (κ3) is 3.74. The molecule has 1 aliphatic heterocycles. The van der Waals surface area contributed by atoms with Crippen molar-refractivity contribution < 1.29 is 13.6 Å². The Bertz CT molecular complexity index is 1580. The van der Waals surface area contributed by atoms with E-state index in [4.69, 9.17) is 0 Å². The standard InChI is InChI=1S/C25H24F2N8O/c1-14-9-35-11-16(7-19(27)23(35)29-14)30-24(36)21-18(26)8-20(17-12-33(2)32-22(17)21)34-6-3-15(10-34)31-25(13-28)4-5-25/h7-9,11-12,15,31H,3-6,10H2,1-2H3,(H,30,36). The smallest absolute Gasteiger partial charge is 0.260 e. The Labute approximate surface area is 205 Å². The van der Waals surface area contributed by atoms with Crippen molar-refractivity contribution in [2.75, 3.05) is 23.3 Å². The summed E-state index contributed by atoms with van der Waals surface area (Å²) in [6, 6.07) is 5.00. The summed E-state index contributed by atoms with van der Waals surface area (Å²) in [7, 11) is 1.71. The Kier molecular flexibility index (Phi) is 4.98. The van der Waals surface area contributed by atoms with Crippen molar-refractivity contribution in [1.82, 2.24) is 24.5 Å². The average molecular weight is 491 g/mol. The summed E-state index contributed by atoms with van der Waals surface area (Å²) in [4.78, 5) is 19.4. The molecule has 6 rings (SSSR count). The number of pyridine rings is 1. The van der Waals surface area contributed by atoms with Crippen molar-refractivity contribution in [1.29, 1.82) is 5.26 Å². The van der Waals surface area contributed by atoms with E-state index in [-0.39, 0.29) is 28.5 Å². The summed E-state index contributed by atoms with van der Waals surface area (Å²) in [6.45, 7) is 3.06. The number of fused-ring (bicyclic) bond motifs is 2. The highest BCUT2D eigenvalue weighted by molar-refractivity contribution is 6.14. The van der Waals surface area contributed by atoms with Gasteiger partial charge in [0, 0.05) is 56.2 Å². The molecule has 1 aromatic carbocycles. The molecule has 9 nitrogen and oxygen atoms in total. The van der Waals surface area contributed by atoms with E-state index in [1.54, 1.807) is 31.0 Å². The second kappa shape index (κ2) is 7.99. The number of carbonyl (C=O) groups excluding carboxylic acids is 1. The van der Waals surface area contributed by atoms with Crippen LogP contribution in [-0.2, 0) is 7.05 Å². The van der Waals surface area contributed by atoms with Crippen molar-refractivity contribution in [3.63, 3.8) is 0 Å². The third-order valence-electron chi connectivity index (χ3n) is 6.93. The number of nitrogens with one attached hydrogen (secondary N) is 2. The first-order valence-electron chi connectivity index (χ1n) is 11.8. The number of nitrogens with zero attached hydrogens (tertiary/aromatic N) is 6. The highest BCUT2D eigenvalue weighted by Gasteiger charge is 2.45. The number of rotatable bonds is 5. The number of imidazole rings is 1. The van der Waals surface area contributed by atoms with E-state index in [0.717, 1.165) is 25.3 Å². The maximum absolute atomic E-state index is 15.5. The zero-order valence-corrected chi connectivity index (χ0v) is 19.8. The first-order valence-corrected chi connectivity index (χ1v) is 11.8. The molecule has 1 aliphatic carbocycles. The van der Waals surface area contributed by atoms with Crippen molar-refractivity contribution >= 4 is 33.8 Å². The molecule has 1 saturated heterocycles. The third-order valence-corrected chi connectivity index (χ3v) is 6.93. The van der Waals surface area contributed by atoms with Gasteiger partial charge in [0.15, 0.2) is 11.5 Å². The van der Waals surface area contributed by atoms with Crippen LogP contribution in [-0.4, -0.2) is 49.7 Å². The van der Waals surface area contributed by atoms with Gasteiger partial charge in [-0.05, 0) is 32.3 Å². The molecule has 1 atom stereocenters. The van der Waals surface area contributed by atoms with E-state index in [1.165, 1.54) is 16.7 Å². The minimum Gasteiger partial charge on any atom is -0.369 e. The zero-order chi connectivity index (χ0) is 25.2. The van der Waals surface area contributed by atoms with Crippen LogP contribution in [0.15, 0.2) is 30.7 Å². The summed E-state index contributed by atoms with van der Waals surface area (Å²) < 4.78 is 33.0. The molecule has 1 saturated carbocycles. The molecule has 0 radical (unpaired) electrons. The van der Waals surface area contributed by atoms with Gasteiger partial charge in [-0.3, -0.25) is 14.8 Å². The molecule has 0 bridgehead atoms. The number of hydrogen-bond donors (Lipinski definition) is 2. The van der Waals surface area contributed by atoms with Crippen LogP contribution in [0.5, 0.6) is 0 Å². The Hall–Kier alpha value is -4.04. The SMILES string of the molecule is Cc1cn2cc(NC(=O)c3c(F)cc(N4CCC(NC5(C#N)CC5)C4)c4cn(C)nc34)cc(F)c2n1. The maximum atomic E-state index is 15.5. The van der Waals surface area contributed by atoms with Crippen LogP contribution in [0.25, 0.3) is 16.6 Å². The predicted molar refractivity (Wildman–Crippen MR) is 130 cm³/mol. The monoisotopic (exact) mass is 490 g/mol. The van der Waals surface area contributed by atoms with E-state index in [2.05, 4.69) is 31.7 Å². The van der Waals surface area contributed by atoms with Gasteiger partial charge in [-0.2, -0.15) is 10.4 Å². The van der Waals surface area contributed by atoms with Crippen LogP contribution in [0.4, 0.5) is 20.2 Å². The lowest BCUT2D eigenvalue weighted by Crippen LogP contribution is -2.41. The van der Waals surface area contributed by atoms with Crippen LogP contribution in [0.2, 0.25) is 0 Å². The van der Waals surface area contributed by atoms with Gasteiger partial charge in [0.1, 0.15) is 22.4 Å². The molecule has 1 amide bonds. The van der Waals surface area contributed by atoms with Crippen molar-refractivity contribution in [2.45, 2.75) is 37.8 Å². The molecular weight excluding hydrogens is 466 g/mol. The molecule has 0 spiro atoms. The number of amides is 1. The molecule has 1 unspecified atom stereocenters. The van der Waals surface area contributed by atoms with Gasteiger partial charge in [0.25, 0.3) is 5.91 Å². The largest absolute Gasteiger partial charge is 0.369 e. The topological polar surface area (TPSA) is 103 Å². The summed E-state index contributed by atoms with van der Waals surface area (Å²) in [5, 5.41) is 20.5. The van der Waals surface area contributed by atoms with E-state index < -0.39 is 23.1 Å². The zero-order valence-electron chi connectivity index (χ0n) is 19.8. The van der Waals surface area contributed by atoms with Gasteiger partial charge in [-0.1, -0.05) is 0 Å². The lowest BCUT2D eigenvalue weighted by molar-refractivity contribution is 0.102. The number of carbonyl (C=O) groups is 1. The van der Waals surface area contributed by atoms with Gasteiger partial charge in [0.2, 0.25) is 0 Å². The van der Waals surface area contributed by atoms with Gasteiger partial charge in [0.05, 0.1) is 23.1 Å². The van der Waals surface area contributed by atoms with Crippen LogP contribution in [0.1, 0.15) is 35.3 Å². The summed E-state index contributed by atoms with van der Waals surface area (Å²) in [5.74, 6) is -2.02. The number of benzene rings is 1. The lowest BCUT2D eigenvalue weighted by Gasteiger charge is -2.22. The number of nitriles is 1. The lowest BCUT2D eigenvalue weighted by atomic mass is 10.1. The first kappa shape index (κ1) is 22.4. The van der Waals surface area contributed by atoms with E-state index in [9.17, 15) is 14.4 Å². The van der Waals surface area contributed by atoms with E-state index in [1.807, 2.05) is 0 Å². The molecule has 2 N–H and O–H groups in total. The van der Waals surface area contributed by atoms with Crippen LogP contribution in [0, 0.1) is 29.9 Å². The second-order valence-corrected chi connectivity index (χ2v) is 9.73. The van der Waals surface area contributed by atoms with E-state index >= 15 is 4.39 Å². The summed E-state index contributed by atoms with van der Waals surface area (Å²) >= 11 is 0. The van der Waals surface area contributed by atoms with Crippen LogP contribution >= 0.6 is 0 Å². The van der Waals surface area contributed by atoms with Crippen molar-refractivity contribution in [3.8, 4) is 6.07 Å². The maximum Gasteiger partial charge on any atom is 0.260 e. The molecule has 4 aromatic rings. The fourth-order valence-corrected chi connectivity index (χ4v) is 5.06. The number of anilines is 2. The van der Waals surface area contributed by atoms with Crippen molar-refractivity contribution in [3.05, 3.63) is 53.6 Å². The molecule has 36 heavy (non-hydrogen) atoms. The molecule has 3 aromatic heterocycles. The molecule has 4 heterocycles. The first-order chi connectivity index (χ1) is 17.2. The van der Waals surface area contributed by atoms with E-state index in [0.29, 0.717) is 29.9 Å². The van der Waals surface area contributed by atoms with Gasteiger partial charge in [-0.15, -0.1) is 0 Å². The molecule has 184 valence electrons. The Morgan fingerprint density at radius 1 is 1.22 bits per heavy atom. The number of halogens is 2. The van der Waals surface area contributed by atoms with Gasteiger partial charge >= 0.3 is 0 Å². The van der Waals surface area contributed by atoms with Gasteiger partial charge < -0.3 is 14.6 Å². The summed E-state index contributed by atoms with van der Waals surface area (Å²) in [5.41, 5.74) is 1.22. The molecule has 2 fully saturated rings. The fraction of sp³-hybridized carbons (Fsp3) is 0.360. The number of aryl methyl sites for hydroxylation is 2. The van der Waals surface area contributed by atoms with Crippen LogP contribution in [0.3, 0.4) is 0 Å². The Balaban J connectivity index is 1.31. The second-order valence-electron chi connectivity index (χ2n) is 9.73. The molecule has 11 heteroatoms. The summed E-state index contributed by atoms with van der Waals surface area (Å²) in [6.07, 6.45) is 7.46. The van der Waals surface area contributed by atoms with Gasteiger partial charge in [-0.25, -0.2) is 13.8 Å². The predicted octanol–water partition coefficient (Wildman–Crippen LogP) is 3.28. The fourth-order valence-electron chi connectivity index (χ4n) is 5.06. The van der Waals surface area contributed by atoms with Crippen molar-refractivity contribution in [2.24, 2.45) is 7.05 Å². The average Bonchev–Trinajstić information content (AvgIpc) is 3.10. The van der Waals surface area contributed by atoms with Crippen LogP contribution < -0.4 is 15.5 Å². The minimum atomic E-state index is -0.719. The molecule has 2 aliphatic rings. The Morgan fingerprint density at radius 2 is 2.03 bits per heavy atom. The Morgan fingerprint density at radius 3 is 2.78 bits per heavy atom. The molecular formula is C25H24F2N8O. The number of hydrogen-bond acceptors (Lipinski definition) is 6. The highest BCUT2D eigenvalue weighted by atomic mass is 19.1. The normalized spacial score (nSPS) is 18.6. The highest BCUT2D eigenvalue weighted by Crippen LogP contribution is 2.37. The minimum absolute atomic E-state index is 0.126. The number of aromatic nitrogens is 4. The quantitative estimate of drug-likeness (QED) is 0.445.